The Labute approximate surface area is 125 Å². The maximum Gasteiger partial charge on any atom is 0.343 e. The van der Waals surface area contributed by atoms with Gasteiger partial charge in [-0.25, -0.2) is 19.7 Å². The smallest absolute Gasteiger partial charge is 0.343 e. The number of carbonyl (C=O) groups is 1. The van der Waals surface area contributed by atoms with Crippen molar-refractivity contribution in [2.45, 2.75) is 37.0 Å². The average molecular weight is 308 g/mol. The summed E-state index contributed by atoms with van der Waals surface area (Å²) in [5.41, 5.74) is 0.164. The van der Waals surface area contributed by atoms with Crippen LogP contribution in [0.5, 0.6) is 0 Å². The summed E-state index contributed by atoms with van der Waals surface area (Å²) >= 11 is 1.27. The molecule has 0 unspecified atom stereocenters. The molecular formula is C13H16N4O3S. The van der Waals surface area contributed by atoms with Gasteiger partial charge >= 0.3 is 11.7 Å². The van der Waals surface area contributed by atoms with Crippen LogP contribution >= 0.6 is 11.8 Å². The number of hydrogen-bond donors (Lipinski definition) is 1. The predicted octanol–water partition coefficient (Wildman–Crippen LogP) is 1.70. The van der Waals surface area contributed by atoms with E-state index in [0.717, 1.165) is 6.42 Å². The summed E-state index contributed by atoms with van der Waals surface area (Å²) in [4.78, 5) is 27.3. The molecule has 2 rings (SSSR count). The van der Waals surface area contributed by atoms with E-state index >= 15 is 0 Å². The zero-order chi connectivity index (χ0) is 15.2. The van der Waals surface area contributed by atoms with Crippen LogP contribution in [0.3, 0.4) is 0 Å². The Kier molecular flexibility index (Phi) is 5.15. The number of rotatable bonds is 6. The SMILES string of the molecule is CCCn1c(Sc2ccc(C(=O)OCC)cn2)n[nH]c1=O. The molecule has 0 bridgehead atoms. The van der Waals surface area contributed by atoms with Crippen LogP contribution in [0.15, 0.2) is 33.3 Å². The number of aromatic amines is 1. The fourth-order valence-electron chi connectivity index (χ4n) is 1.67. The van der Waals surface area contributed by atoms with Gasteiger partial charge in [-0.3, -0.25) is 4.57 Å². The molecule has 0 saturated carbocycles. The molecule has 0 aromatic carbocycles. The Morgan fingerprint density at radius 1 is 1.43 bits per heavy atom. The number of nitrogens with one attached hydrogen (secondary N) is 1. The van der Waals surface area contributed by atoms with E-state index in [1.807, 2.05) is 6.92 Å². The fourth-order valence-corrected chi connectivity index (χ4v) is 2.48. The molecule has 112 valence electrons. The molecule has 0 radical (unpaired) electrons. The predicted molar refractivity (Wildman–Crippen MR) is 77.5 cm³/mol. The van der Waals surface area contributed by atoms with Gasteiger partial charge in [-0.05, 0) is 37.2 Å². The Bertz CT molecular complexity index is 663. The standard InChI is InChI=1S/C13H16N4O3S/c1-3-7-17-12(19)15-16-13(17)21-10-6-5-9(8-14-10)11(18)20-4-2/h5-6,8H,3-4,7H2,1-2H3,(H,15,19). The Morgan fingerprint density at radius 3 is 2.86 bits per heavy atom. The summed E-state index contributed by atoms with van der Waals surface area (Å²) in [6.07, 6.45) is 2.29. The molecule has 0 aliphatic heterocycles. The van der Waals surface area contributed by atoms with Gasteiger partial charge in [-0.2, -0.15) is 0 Å². The number of pyridine rings is 1. The molecule has 0 fully saturated rings. The summed E-state index contributed by atoms with van der Waals surface area (Å²) in [6.45, 7) is 4.66. The van der Waals surface area contributed by atoms with Gasteiger partial charge in [0.25, 0.3) is 0 Å². The number of esters is 1. The first kappa shape index (κ1) is 15.3. The lowest BCUT2D eigenvalue weighted by Crippen LogP contribution is -2.17. The van der Waals surface area contributed by atoms with E-state index in [0.29, 0.717) is 28.9 Å². The largest absolute Gasteiger partial charge is 0.462 e. The lowest BCUT2D eigenvalue weighted by molar-refractivity contribution is 0.0525. The van der Waals surface area contributed by atoms with Crippen LogP contribution in [0.1, 0.15) is 30.6 Å². The molecular weight excluding hydrogens is 292 g/mol. The first-order valence-electron chi connectivity index (χ1n) is 6.62. The molecule has 1 N–H and O–H groups in total. The van der Waals surface area contributed by atoms with Crippen LogP contribution in [0.2, 0.25) is 0 Å². The molecule has 0 aliphatic rings. The molecule has 0 atom stereocenters. The Balaban J connectivity index is 2.14. The highest BCUT2D eigenvalue weighted by Crippen LogP contribution is 2.23. The summed E-state index contributed by atoms with van der Waals surface area (Å²) in [6, 6.07) is 3.34. The van der Waals surface area contributed by atoms with Gasteiger partial charge in [0.2, 0.25) is 0 Å². The number of carbonyl (C=O) groups excluding carboxylic acids is 1. The second-order valence-electron chi connectivity index (χ2n) is 4.17. The third-order valence-corrected chi connectivity index (χ3v) is 3.56. The third kappa shape index (κ3) is 3.72. The maximum absolute atomic E-state index is 11.6. The molecule has 0 spiro atoms. The van der Waals surface area contributed by atoms with E-state index in [1.54, 1.807) is 23.6 Å². The summed E-state index contributed by atoms with van der Waals surface area (Å²) < 4.78 is 6.45. The Morgan fingerprint density at radius 2 is 2.24 bits per heavy atom. The number of H-pyrrole nitrogens is 1. The Hall–Kier alpha value is -2.09. The first-order chi connectivity index (χ1) is 10.2. The van der Waals surface area contributed by atoms with E-state index in [9.17, 15) is 9.59 Å². The minimum Gasteiger partial charge on any atom is -0.462 e. The van der Waals surface area contributed by atoms with Gasteiger partial charge < -0.3 is 4.74 Å². The highest BCUT2D eigenvalue weighted by atomic mass is 32.2. The molecule has 2 heterocycles. The molecule has 8 heteroatoms. The van der Waals surface area contributed by atoms with Crippen molar-refractivity contribution in [3.8, 4) is 0 Å². The number of ether oxygens (including phenoxy) is 1. The third-order valence-electron chi connectivity index (χ3n) is 2.61. The van der Waals surface area contributed by atoms with Crippen molar-refractivity contribution in [2.75, 3.05) is 6.61 Å². The molecule has 0 amide bonds. The monoisotopic (exact) mass is 308 g/mol. The highest BCUT2D eigenvalue weighted by molar-refractivity contribution is 7.99. The lowest BCUT2D eigenvalue weighted by Gasteiger charge is -2.04. The van der Waals surface area contributed by atoms with Crippen molar-refractivity contribution in [2.24, 2.45) is 0 Å². The normalized spacial score (nSPS) is 10.6. The van der Waals surface area contributed by atoms with E-state index in [1.165, 1.54) is 18.0 Å². The van der Waals surface area contributed by atoms with E-state index in [4.69, 9.17) is 4.74 Å². The van der Waals surface area contributed by atoms with Crippen molar-refractivity contribution in [1.29, 1.82) is 0 Å². The van der Waals surface area contributed by atoms with Gasteiger partial charge in [-0.15, -0.1) is 5.10 Å². The second-order valence-corrected chi connectivity index (χ2v) is 5.16. The van der Waals surface area contributed by atoms with Crippen molar-refractivity contribution < 1.29 is 9.53 Å². The van der Waals surface area contributed by atoms with Gasteiger partial charge in [-0.1, -0.05) is 6.92 Å². The van der Waals surface area contributed by atoms with Crippen molar-refractivity contribution in [3.05, 3.63) is 34.4 Å². The van der Waals surface area contributed by atoms with E-state index < -0.39 is 5.97 Å². The molecule has 21 heavy (non-hydrogen) atoms. The minimum atomic E-state index is -0.399. The molecule has 0 saturated heterocycles. The quantitative estimate of drug-likeness (QED) is 0.817. The number of aromatic nitrogens is 4. The zero-order valence-corrected chi connectivity index (χ0v) is 12.6. The van der Waals surface area contributed by atoms with Gasteiger partial charge in [0, 0.05) is 12.7 Å². The summed E-state index contributed by atoms with van der Waals surface area (Å²) in [7, 11) is 0. The number of nitrogens with zero attached hydrogens (tertiary/aromatic N) is 3. The first-order valence-corrected chi connectivity index (χ1v) is 7.43. The van der Waals surface area contributed by atoms with Crippen molar-refractivity contribution >= 4 is 17.7 Å². The van der Waals surface area contributed by atoms with Crippen LogP contribution in [0.25, 0.3) is 0 Å². The van der Waals surface area contributed by atoms with Gasteiger partial charge in [0.1, 0.15) is 5.03 Å². The highest BCUT2D eigenvalue weighted by Gasteiger charge is 2.11. The molecule has 7 nitrogen and oxygen atoms in total. The summed E-state index contributed by atoms with van der Waals surface area (Å²) in [5, 5.41) is 7.60. The lowest BCUT2D eigenvalue weighted by atomic mass is 10.3. The number of hydrogen-bond acceptors (Lipinski definition) is 6. The van der Waals surface area contributed by atoms with Crippen LogP contribution in [-0.2, 0) is 11.3 Å². The minimum absolute atomic E-state index is 0.234. The maximum atomic E-state index is 11.6. The molecule has 2 aromatic heterocycles. The van der Waals surface area contributed by atoms with Crippen LogP contribution in [-0.4, -0.2) is 32.3 Å². The molecule has 2 aromatic rings. The van der Waals surface area contributed by atoms with E-state index in [-0.39, 0.29) is 5.69 Å². The van der Waals surface area contributed by atoms with Crippen LogP contribution in [0.4, 0.5) is 0 Å². The van der Waals surface area contributed by atoms with Crippen LogP contribution < -0.4 is 5.69 Å². The van der Waals surface area contributed by atoms with Gasteiger partial charge in [0.15, 0.2) is 5.16 Å². The van der Waals surface area contributed by atoms with Crippen molar-refractivity contribution in [3.63, 3.8) is 0 Å². The second kappa shape index (κ2) is 7.07. The van der Waals surface area contributed by atoms with Gasteiger partial charge in [0.05, 0.1) is 12.2 Å². The zero-order valence-electron chi connectivity index (χ0n) is 11.8. The van der Waals surface area contributed by atoms with Crippen LogP contribution in [0, 0.1) is 0 Å². The average Bonchev–Trinajstić information content (AvgIpc) is 2.82. The fraction of sp³-hybridized carbons (Fsp3) is 0.385. The summed E-state index contributed by atoms with van der Waals surface area (Å²) in [5.74, 6) is -0.399. The van der Waals surface area contributed by atoms with Crippen molar-refractivity contribution in [1.82, 2.24) is 19.7 Å². The molecule has 0 aliphatic carbocycles. The topological polar surface area (TPSA) is 89.9 Å². The van der Waals surface area contributed by atoms with E-state index in [2.05, 4.69) is 15.2 Å².